The first-order chi connectivity index (χ1) is 18.3. The van der Waals surface area contributed by atoms with Gasteiger partial charge in [-0.25, -0.2) is 0 Å². The van der Waals surface area contributed by atoms with Crippen LogP contribution in [0.1, 0.15) is 118 Å². The predicted octanol–water partition coefficient (Wildman–Crippen LogP) is 10.4. The molecule has 0 saturated heterocycles. The summed E-state index contributed by atoms with van der Waals surface area (Å²) in [4.78, 5) is 0. The second-order valence-corrected chi connectivity index (χ2v) is 12.9. The summed E-state index contributed by atoms with van der Waals surface area (Å²) in [5, 5.41) is 0. The molecule has 0 saturated carbocycles. The van der Waals surface area contributed by atoms with E-state index in [9.17, 15) is 0 Å². The van der Waals surface area contributed by atoms with Crippen LogP contribution in [0.3, 0.4) is 0 Å². The Morgan fingerprint density at radius 2 is 0.769 bits per heavy atom. The highest BCUT2D eigenvalue weighted by Crippen LogP contribution is 2.54. The van der Waals surface area contributed by atoms with Crippen molar-refractivity contribution in [2.45, 2.75) is 118 Å². The summed E-state index contributed by atoms with van der Waals surface area (Å²) in [5.74, 6) is 2.61. The summed E-state index contributed by atoms with van der Waals surface area (Å²) in [6.07, 6.45) is 25.8. The fraction of sp³-hybridized carbons (Fsp3) is 0.500. The van der Waals surface area contributed by atoms with Crippen LogP contribution in [0.4, 0.5) is 0 Å². The maximum atomic E-state index is 6.86. The molecule has 0 aliphatic carbocycles. The first kappa shape index (κ1) is 29.1. The lowest BCUT2D eigenvalue weighted by Gasteiger charge is -2.40. The van der Waals surface area contributed by atoms with Crippen LogP contribution in [-0.4, -0.2) is 16.8 Å². The molecule has 0 spiro atoms. The van der Waals surface area contributed by atoms with Crippen LogP contribution in [0.15, 0.2) is 53.2 Å². The van der Waals surface area contributed by atoms with Gasteiger partial charge in [0.15, 0.2) is 0 Å². The molecule has 3 heterocycles. The molecule has 3 aliphatic heterocycles. The third-order valence-corrected chi connectivity index (χ3v) is 7.86. The van der Waals surface area contributed by atoms with Crippen LogP contribution in [0, 0.1) is 0 Å². The Morgan fingerprint density at radius 1 is 0.513 bits per heavy atom. The zero-order valence-corrected chi connectivity index (χ0v) is 25.7. The maximum Gasteiger partial charge on any atom is 0.142 e. The molecule has 0 bridgehead atoms. The first-order valence-electron chi connectivity index (χ1n) is 14.6. The van der Waals surface area contributed by atoms with Gasteiger partial charge < -0.3 is 14.2 Å². The number of hydrogen-bond acceptors (Lipinski definition) is 3. The van der Waals surface area contributed by atoms with Crippen molar-refractivity contribution in [1.82, 2.24) is 0 Å². The monoisotopic (exact) mass is 528 g/mol. The average Bonchev–Trinajstić information content (AvgIpc) is 2.83. The SMILES string of the molecule is CC(C)=CCC[C@@]1(C)C=Cc2c(c3c(c4c2O[C@@](C)(CCC=C(C)C)C=C4)O[C@@](C)(CCC=C(C)C)C=C3)O1. The van der Waals surface area contributed by atoms with Crippen molar-refractivity contribution in [3.63, 3.8) is 0 Å². The number of rotatable bonds is 9. The number of allylic oxidation sites excluding steroid dienone is 6. The number of ether oxygens (including phenoxy) is 3. The molecule has 0 amide bonds. The van der Waals surface area contributed by atoms with Gasteiger partial charge in [0.2, 0.25) is 0 Å². The van der Waals surface area contributed by atoms with E-state index in [1.54, 1.807) is 0 Å². The van der Waals surface area contributed by atoms with E-state index in [0.29, 0.717) is 0 Å². The molecule has 4 rings (SSSR count). The lowest BCUT2D eigenvalue weighted by Crippen LogP contribution is -2.37. The van der Waals surface area contributed by atoms with E-state index >= 15 is 0 Å². The van der Waals surface area contributed by atoms with Crippen molar-refractivity contribution in [3.8, 4) is 17.2 Å². The Bertz CT molecular complexity index is 1100. The van der Waals surface area contributed by atoms with Crippen LogP contribution < -0.4 is 14.2 Å². The molecule has 39 heavy (non-hydrogen) atoms. The Kier molecular flexibility index (Phi) is 8.40. The van der Waals surface area contributed by atoms with Gasteiger partial charge in [-0.05, 0) is 137 Å². The summed E-state index contributed by atoms with van der Waals surface area (Å²) in [6, 6.07) is 0. The van der Waals surface area contributed by atoms with E-state index in [4.69, 9.17) is 14.2 Å². The second-order valence-electron chi connectivity index (χ2n) is 12.9. The maximum absolute atomic E-state index is 6.86. The van der Waals surface area contributed by atoms with E-state index in [2.05, 4.69) is 117 Å². The van der Waals surface area contributed by atoms with Gasteiger partial charge in [0.05, 0.1) is 16.7 Å². The fourth-order valence-corrected chi connectivity index (χ4v) is 5.45. The molecular formula is C36H48O3. The molecular weight excluding hydrogens is 480 g/mol. The lowest BCUT2D eigenvalue weighted by molar-refractivity contribution is 0.105. The van der Waals surface area contributed by atoms with E-state index in [1.807, 2.05) is 0 Å². The fourth-order valence-electron chi connectivity index (χ4n) is 5.45. The van der Waals surface area contributed by atoms with Crippen molar-refractivity contribution in [1.29, 1.82) is 0 Å². The van der Waals surface area contributed by atoms with Gasteiger partial charge in [-0.2, -0.15) is 0 Å². The van der Waals surface area contributed by atoms with Crippen LogP contribution in [-0.2, 0) is 0 Å². The van der Waals surface area contributed by atoms with Crippen molar-refractivity contribution < 1.29 is 14.2 Å². The minimum Gasteiger partial charge on any atom is -0.482 e. The summed E-state index contributed by atoms with van der Waals surface area (Å²) >= 11 is 0. The average molecular weight is 529 g/mol. The summed E-state index contributed by atoms with van der Waals surface area (Å²) in [7, 11) is 0. The van der Waals surface area contributed by atoms with Gasteiger partial charge in [-0.15, -0.1) is 0 Å². The smallest absolute Gasteiger partial charge is 0.142 e. The minimum absolute atomic E-state index is 0.393. The van der Waals surface area contributed by atoms with Crippen LogP contribution in [0.25, 0.3) is 18.2 Å². The Labute approximate surface area is 237 Å². The predicted molar refractivity (Wildman–Crippen MR) is 167 cm³/mol. The molecule has 3 atom stereocenters. The van der Waals surface area contributed by atoms with Crippen molar-refractivity contribution in [3.05, 3.63) is 69.9 Å². The molecule has 210 valence electrons. The molecule has 0 unspecified atom stereocenters. The van der Waals surface area contributed by atoms with E-state index < -0.39 is 16.8 Å². The Balaban J connectivity index is 1.76. The van der Waals surface area contributed by atoms with Gasteiger partial charge >= 0.3 is 0 Å². The van der Waals surface area contributed by atoms with E-state index in [0.717, 1.165) is 72.5 Å². The van der Waals surface area contributed by atoms with Gasteiger partial charge in [-0.3, -0.25) is 0 Å². The number of hydrogen-bond donors (Lipinski definition) is 0. The summed E-state index contributed by atoms with van der Waals surface area (Å²) in [5.41, 5.74) is 5.88. The van der Waals surface area contributed by atoms with Gasteiger partial charge in [0.25, 0.3) is 0 Å². The Hall–Kier alpha value is -2.94. The quantitative estimate of drug-likeness (QED) is 0.298. The van der Waals surface area contributed by atoms with Crippen LogP contribution in [0.2, 0.25) is 0 Å². The molecule has 0 radical (unpaired) electrons. The summed E-state index contributed by atoms with van der Waals surface area (Å²) < 4.78 is 20.6. The first-order valence-corrected chi connectivity index (χ1v) is 14.6. The lowest BCUT2D eigenvalue weighted by atomic mass is 9.86. The highest BCUT2D eigenvalue weighted by molar-refractivity contribution is 5.87. The molecule has 1 aromatic rings. The standard InChI is InChI=1S/C36H48O3/c1-25(2)13-10-19-34(7)22-16-28-31(37-34)29-17-23-35(8,20-11-14-26(3)4)39-33(29)30-18-24-36(9,38-32(28)30)21-12-15-27(5)6/h13-18,22-24H,10-12,19-21H2,1-9H3/t34-,35-,36-/m0/s1. The molecule has 0 aromatic heterocycles. The highest BCUT2D eigenvalue weighted by Gasteiger charge is 2.40. The third-order valence-electron chi connectivity index (χ3n) is 7.86. The van der Waals surface area contributed by atoms with Crippen molar-refractivity contribution in [2.75, 3.05) is 0 Å². The number of benzene rings is 1. The van der Waals surface area contributed by atoms with Crippen LogP contribution in [0.5, 0.6) is 17.2 Å². The highest BCUT2D eigenvalue weighted by atomic mass is 16.5. The topological polar surface area (TPSA) is 27.7 Å². The van der Waals surface area contributed by atoms with E-state index in [-0.39, 0.29) is 0 Å². The molecule has 3 aliphatic rings. The third kappa shape index (κ3) is 6.80. The summed E-state index contributed by atoms with van der Waals surface area (Å²) in [6.45, 7) is 19.4. The second kappa shape index (κ2) is 11.3. The van der Waals surface area contributed by atoms with E-state index in [1.165, 1.54) is 16.7 Å². The molecule has 1 aromatic carbocycles. The van der Waals surface area contributed by atoms with Gasteiger partial charge in [0.1, 0.15) is 34.1 Å². The van der Waals surface area contributed by atoms with Gasteiger partial charge in [0, 0.05) is 0 Å². The zero-order valence-electron chi connectivity index (χ0n) is 25.7. The molecule has 0 fully saturated rings. The molecule has 0 N–H and O–H groups in total. The van der Waals surface area contributed by atoms with Crippen LogP contribution >= 0.6 is 0 Å². The Morgan fingerprint density at radius 3 is 1.00 bits per heavy atom. The molecule has 3 nitrogen and oxygen atoms in total. The zero-order chi connectivity index (χ0) is 28.4. The van der Waals surface area contributed by atoms with Gasteiger partial charge in [-0.1, -0.05) is 34.9 Å². The van der Waals surface area contributed by atoms with Crippen molar-refractivity contribution >= 4 is 18.2 Å². The minimum atomic E-state index is -0.393. The molecule has 3 heteroatoms. The number of fused-ring (bicyclic) bond motifs is 6. The van der Waals surface area contributed by atoms with Crippen molar-refractivity contribution in [2.24, 2.45) is 0 Å². The largest absolute Gasteiger partial charge is 0.482 e. The normalized spacial score (nSPS) is 25.8.